The Kier molecular flexibility index (Phi) is 6.89. The van der Waals surface area contributed by atoms with Crippen molar-refractivity contribution in [3.05, 3.63) is 59.4 Å². The lowest BCUT2D eigenvalue weighted by Gasteiger charge is -2.28. The van der Waals surface area contributed by atoms with Crippen molar-refractivity contribution in [1.29, 1.82) is 0 Å². The molecule has 1 unspecified atom stereocenters. The second-order valence-corrected chi connectivity index (χ2v) is 8.83. The number of ether oxygens (including phenoxy) is 1. The molecule has 0 radical (unpaired) electrons. The summed E-state index contributed by atoms with van der Waals surface area (Å²) in [6.07, 6.45) is 0. The first kappa shape index (κ1) is 23.1. The van der Waals surface area contributed by atoms with Crippen molar-refractivity contribution in [2.24, 2.45) is 0 Å². The van der Waals surface area contributed by atoms with Gasteiger partial charge in [0.25, 0.3) is 0 Å². The van der Waals surface area contributed by atoms with E-state index in [9.17, 15) is 18.0 Å². The third-order valence-electron chi connectivity index (χ3n) is 5.15. The van der Waals surface area contributed by atoms with E-state index >= 15 is 0 Å². The van der Waals surface area contributed by atoms with Crippen LogP contribution in [0.5, 0.6) is 0 Å². The number of benzene rings is 2. The predicted octanol–water partition coefficient (Wildman–Crippen LogP) is 3.95. The van der Waals surface area contributed by atoms with Crippen LogP contribution in [0.1, 0.15) is 12.5 Å². The summed E-state index contributed by atoms with van der Waals surface area (Å²) < 4.78 is 47.9. The molecule has 2 heterocycles. The number of carbonyl (C=O) groups is 1. The van der Waals surface area contributed by atoms with Crippen LogP contribution in [-0.2, 0) is 9.53 Å². The molecular formula is C22H22F3N5O2S. The zero-order valence-corrected chi connectivity index (χ0v) is 18.8. The lowest BCUT2D eigenvalue weighted by atomic mass is 10.2. The van der Waals surface area contributed by atoms with Gasteiger partial charge in [-0.05, 0) is 38.1 Å². The van der Waals surface area contributed by atoms with E-state index < -0.39 is 34.3 Å². The molecule has 1 aliphatic heterocycles. The molecule has 2 aromatic carbocycles. The minimum absolute atomic E-state index is 0.430. The topological polar surface area (TPSA) is 72.3 Å². The number of halogens is 3. The van der Waals surface area contributed by atoms with E-state index in [0.29, 0.717) is 37.4 Å². The zero-order valence-electron chi connectivity index (χ0n) is 18.0. The molecule has 3 aromatic rings. The van der Waals surface area contributed by atoms with Crippen molar-refractivity contribution in [1.82, 2.24) is 14.8 Å². The van der Waals surface area contributed by atoms with Gasteiger partial charge < -0.3 is 15.0 Å². The Hall–Kier alpha value is -3.05. The quantitative estimate of drug-likeness (QED) is 0.428. The highest BCUT2D eigenvalue weighted by atomic mass is 32.2. The molecule has 0 aliphatic carbocycles. The fraction of sp³-hybridized carbons (Fsp3) is 0.318. The van der Waals surface area contributed by atoms with Crippen LogP contribution in [0.4, 0.5) is 24.8 Å². The molecule has 0 spiro atoms. The summed E-state index contributed by atoms with van der Waals surface area (Å²) in [6, 6.07) is 9.55. The summed E-state index contributed by atoms with van der Waals surface area (Å²) in [6.45, 7) is 6.04. The Balaban J connectivity index is 1.59. The van der Waals surface area contributed by atoms with Crippen molar-refractivity contribution >= 4 is 29.3 Å². The lowest BCUT2D eigenvalue weighted by molar-refractivity contribution is -0.115. The summed E-state index contributed by atoms with van der Waals surface area (Å²) in [5, 5.41) is 10.7. The van der Waals surface area contributed by atoms with Gasteiger partial charge in [0.15, 0.2) is 22.6 Å². The highest BCUT2D eigenvalue weighted by Crippen LogP contribution is 2.30. The molecule has 0 bridgehead atoms. The van der Waals surface area contributed by atoms with E-state index in [2.05, 4.69) is 20.4 Å². The van der Waals surface area contributed by atoms with Gasteiger partial charge >= 0.3 is 0 Å². The number of rotatable bonds is 6. The predicted molar refractivity (Wildman–Crippen MR) is 119 cm³/mol. The molecule has 7 nitrogen and oxygen atoms in total. The van der Waals surface area contributed by atoms with E-state index in [4.69, 9.17) is 4.74 Å². The van der Waals surface area contributed by atoms with Gasteiger partial charge in [-0.15, -0.1) is 10.2 Å². The third-order valence-corrected chi connectivity index (χ3v) is 6.19. The number of hydrogen-bond donors (Lipinski definition) is 1. The van der Waals surface area contributed by atoms with Gasteiger partial charge in [-0.1, -0.05) is 29.5 Å². The van der Waals surface area contributed by atoms with Crippen LogP contribution in [0.25, 0.3) is 5.69 Å². The highest BCUT2D eigenvalue weighted by molar-refractivity contribution is 8.00. The molecule has 11 heteroatoms. The summed E-state index contributed by atoms with van der Waals surface area (Å²) in [5.74, 6) is -4.37. The minimum Gasteiger partial charge on any atom is -0.378 e. The first-order valence-electron chi connectivity index (χ1n) is 10.3. The van der Waals surface area contributed by atoms with Gasteiger partial charge in [0.2, 0.25) is 11.9 Å². The fourth-order valence-electron chi connectivity index (χ4n) is 3.29. The Bertz CT molecular complexity index is 1150. The number of nitrogens with zero attached hydrogens (tertiary/aromatic N) is 4. The number of aryl methyl sites for hydroxylation is 1. The van der Waals surface area contributed by atoms with Gasteiger partial charge in [0.05, 0.1) is 29.8 Å². The van der Waals surface area contributed by atoms with Crippen LogP contribution in [0.15, 0.2) is 41.6 Å². The smallest absolute Gasteiger partial charge is 0.237 e. The average molecular weight is 478 g/mol. The van der Waals surface area contributed by atoms with Crippen LogP contribution in [-0.4, -0.2) is 52.2 Å². The maximum atomic E-state index is 14.0. The van der Waals surface area contributed by atoms with E-state index in [1.54, 1.807) is 6.92 Å². The highest BCUT2D eigenvalue weighted by Gasteiger charge is 2.26. The Morgan fingerprint density at radius 3 is 2.45 bits per heavy atom. The number of carbonyl (C=O) groups excluding carboxylic acids is 1. The first-order valence-corrected chi connectivity index (χ1v) is 11.2. The normalized spacial score (nSPS) is 14.9. The monoisotopic (exact) mass is 477 g/mol. The van der Waals surface area contributed by atoms with Crippen LogP contribution in [0.3, 0.4) is 0 Å². The van der Waals surface area contributed by atoms with E-state index in [1.165, 1.54) is 0 Å². The van der Waals surface area contributed by atoms with Gasteiger partial charge in [0, 0.05) is 13.1 Å². The molecule has 1 atom stereocenters. The number of morpholine rings is 1. The van der Waals surface area contributed by atoms with Crippen molar-refractivity contribution < 1.29 is 22.7 Å². The second-order valence-electron chi connectivity index (χ2n) is 7.53. The lowest BCUT2D eigenvalue weighted by Crippen LogP contribution is -2.38. The maximum Gasteiger partial charge on any atom is 0.237 e. The number of anilines is 2. The van der Waals surface area contributed by atoms with E-state index in [-0.39, 0.29) is 0 Å². The standard InChI is InChI=1S/C22H22F3N5O2S/c1-13-3-5-15(6-4-13)30-21(29-9-11-32-12-10-29)27-28-22(30)33-14(2)20(31)26-17-8-7-16(23)18(24)19(17)25/h3-8,14H,9-12H2,1-2H3,(H,26,31). The number of aromatic nitrogens is 3. The van der Waals surface area contributed by atoms with Gasteiger partial charge in [0.1, 0.15) is 0 Å². The number of thioether (sulfide) groups is 1. The van der Waals surface area contributed by atoms with Crippen molar-refractivity contribution in [3.8, 4) is 5.69 Å². The molecule has 0 saturated carbocycles. The Morgan fingerprint density at radius 1 is 1.06 bits per heavy atom. The van der Waals surface area contributed by atoms with Gasteiger partial charge in [-0.3, -0.25) is 9.36 Å². The molecular weight excluding hydrogens is 455 g/mol. The average Bonchev–Trinajstić information content (AvgIpc) is 3.24. The molecule has 1 aliphatic rings. The van der Waals surface area contributed by atoms with Crippen LogP contribution in [0, 0.1) is 24.4 Å². The minimum atomic E-state index is -1.64. The molecule has 33 heavy (non-hydrogen) atoms. The molecule has 174 valence electrons. The molecule has 1 aromatic heterocycles. The first-order chi connectivity index (χ1) is 15.8. The summed E-state index contributed by atoms with van der Waals surface area (Å²) in [4.78, 5) is 14.7. The zero-order chi connectivity index (χ0) is 23.5. The van der Waals surface area contributed by atoms with E-state index in [0.717, 1.165) is 35.1 Å². The SMILES string of the molecule is Cc1ccc(-n2c(SC(C)C(=O)Nc3ccc(F)c(F)c3F)nnc2N2CCOCC2)cc1. The molecule has 1 fully saturated rings. The van der Waals surface area contributed by atoms with E-state index in [1.807, 2.05) is 35.8 Å². The van der Waals surface area contributed by atoms with Crippen LogP contribution < -0.4 is 10.2 Å². The Morgan fingerprint density at radius 2 is 1.76 bits per heavy atom. The third kappa shape index (κ3) is 4.98. The summed E-state index contributed by atoms with van der Waals surface area (Å²) in [5.41, 5.74) is 1.49. The van der Waals surface area contributed by atoms with Crippen molar-refractivity contribution in [2.45, 2.75) is 24.3 Å². The number of amides is 1. The fourth-order valence-corrected chi connectivity index (χ4v) is 4.16. The molecule has 1 N–H and O–H groups in total. The molecule has 1 saturated heterocycles. The number of hydrogen-bond acceptors (Lipinski definition) is 6. The van der Waals surface area contributed by atoms with Gasteiger partial charge in [-0.2, -0.15) is 0 Å². The van der Waals surface area contributed by atoms with Crippen molar-refractivity contribution in [3.63, 3.8) is 0 Å². The summed E-state index contributed by atoms with van der Waals surface area (Å²) >= 11 is 1.12. The number of nitrogens with one attached hydrogen (secondary N) is 1. The summed E-state index contributed by atoms with van der Waals surface area (Å²) in [7, 11) is 0. The van der Waals surface area contributed by atoms with Gasteiger partial charge in [-0.25, -0.2) is 13.2 Å². The van der Waals surface area contributed by atoms with Crippen LogP contribution >= 0.6 is 11.8 Å². The molecule has 1 amide bonds. The molecule has 4 rings (SSSR count). The van der Waals surface area contributed by atoms with Crippen LogP contribution in [0.2, 0.25) is 0 Å². The second kappa shape index (κ2) is 9.84. The maximum absolute atomic E-state index is 14.0. The Labute approximate surface area is 192 Å². The largest absolute Gasteiger partial charge is 0.378 e. The van der Waals surface area contributed by atoms with Crippen molar-refractivity contribution in [2.75, 3.05) is 36.5 Å².